The van der Waals surface area contributed by atoms with Crippen molar-refractivity contribution in [2.45, 2.75) is 50.7 Å². The molecule has 0 spiro atoms. The van der Waals surface area contributed by atoms with E-state index in [1.54, 1.807) is 19.2 Å². The molecule has 1 saturated carbocycles. The van der Waals surface area contributed by atoms with Crippen LogP contribution in [0.1, 0.15) is 58.6 Å². The number of carbonyl (C=O) groups excluding carboxylic acids is 1. The summed E-state index contributed by atoms with van der Waals surface area (Å²) in [6.45, 7) is 1.53. The van der Waals surface area contributed by atoms with Crippen LogP contribution in [-0.4, -0.2) is 36.9 Å². The third-order valence-electron chi connectivity index (χ3n) is 8.26. The summed E-state index contributed by atoms with van der Waals surface area (Å²) in [7, 11) is 1.57. The molecule has 1 fully saturated rings. The fourth-order valence-corrected chi connectivity index (χ4v) is 6.21. The van der Waals surface area contributed by atoms with E-state index in [-0.39, 0.29) is 17.6 Å². The Hall–Kier alpha value is -4.52. The molecule has 1 heterocycles. The Morgan fingerprint density at radius 1 is 0.951 bits per heavy atom. The molecule has 0 radical (unpaired) electrons. The first-order valence-corrected chi connectivity index (χ1v) is 14.2. The molecule has 0 aromatic heterocycles. The normalized spacial score (nSPS) is 16.5. The molecule has 4 aromatic rings. The zero-order chi connectivity index (χ0) is 28.3. The van der Waals surface area contributed by atoms with E-state index < -0.39 is 12.1 Å². The predicted octanol–water partition coefficient (Wildman–Crippen LogP) is 7.38. The number of nitrogens with one attached hydrogen (secondary N) is 1. The van der Waals surface area contributed by atoms with Gasteiger partial charge in [-0.1, -0.05) is 42.5 Å². The van der Waals surface area contributed by atoms with E-state index in [0.717, 1.165) is 55.6 Å². The fourth-order valence-electron chi connectivity index (χ4n) is 6.21. The average molecular weight is 551 g/mol. The first-order valence-electron chi connectivity index (χ1n) is 14.2. The van der Waals surface area contributed by atoms with Crippen LogP contribution >= 0.6 is 0 Å². The molecule has 0 bridgehead atoms. The maximum Gasteiger partial charge on any atom is 0.411 e. The lowest BCUT2D eigenvalue weighted by molar-refractivity contribution is 0.0696. The van der Waals surface area contributed by atoms with E-state index in [0.29, 0.717) is 17.9 Å². The Kier molecular flexibility index (Phi) is 7.51. The van der Waals surface area contributed by atoms with Crippen molar-refractivity contribution in [3.63, 3.8) is 0 Å². The number of carbonyl (C=O) groups is 2. The number of carboxylic acid groups (broad SMARTS) is 1. The predicted molar refractivity (Wildman–Crippen MR) is 160 cm³/mol. The summed E-state index contributed by atoms with van der Waals surface area (Å²) in [6, 6.07) is 26.1. The van der Waals surface area contributed by atoms with Gasteiger partial charge in [-0.3, -0.25) is 5.32 Å². The van der Waals surface area contributed by atoms with Gasteiger partial charge < -0.3 is 19.5 Å². The van der Waals surface area contributed by atoms with Crippen LogP contribution in [0.5, 0.6) is 5.75 Å². The number of fused-ring (bicyclic) bond motifs is 2. The number of benzene rings is 4. The lowest BCUT2D eigenvalue weighted by Crippen LogP contribution is -2.22. The average Bonchev–Trinajstić information content (AvgIpc) is 3.60. The Morgan fingerprint density at radius 3 is 2.54 bits per heavy atom. The first kappa shape index (κ1) is 26.7. The highest BCUT2D eigenvalue weighted by Gasteiger charge is 2.30. The third-order valence-corrected chi connectivity index (χ3v) is 8.26. The number of nitrogens with zero attached hydrogens (tertiary/aromatic N) is 1. The van der Waals surface area contributed by atoms with Gasteiger partial charge in [-0.2, -0.15) is 0 Å². The molecule has 0 saturated heterocycles. The first-order chi connectivity index (χ1) is 20.0. The number of amides is 1. The van der Waals surface area contributed by atoms with Crippen LogP contribution in [0.4, 0.5) is 16.2 Å². The monoisotopic (exact) mass is 550 g/mol. The molecule has 2 N–H and O–H groups in total. The highest BCUT2D eigenvalue weighted by Crippen LogP contribution is 2.42. The third kappa shape index (κ3) is 5.85. The van der Waals surface area contributed by atoms with Crippen LogP contribution in [0.2, 0.25) is 0 Å². The van der Waals surface area contributed by atoms with Gasteiger partial charge in [0.25, 0.3) is 0 Å². The van der Waals surface area contributed by atoms with Gasteiger partial charge in [-0.25, -0.2) is 9.59 Å². The number of carboxylic acids is 1. The summed E-state index contributed by atoms with van der Waals surface area (Å²) in [5.74, 6) is -0.306. The van der Waals surface area contributed by atoms with Crippen LogP contribution in [-0.2, 0) is 17.7 Å². The zero-order valence-corrected chi connectivity index (χ0v) is 23.1. The lowest BCUT2D eigenvalue weighted by Gasteiger charge is -2.21. The molecule has 210 valence electrons. The molecule has 7 heteroatoms. The number of methoxy groups -OCH3 is 1. The van der Waals surface area contributed by atoms with Crippen LogP contribution in [0, 0.1) is 0 Å². The Labute approximate surface area is 239 Å². The molecule has 7 nitrogen and oxygen atoms in total. The molecule has 1 amide bonds. The van der Waals surface area contributed by atoms with Crippen LogP contribution in [0.15, 0.2) is 78.9 Å². The summed E-state index contributed by atoms with van der Waals surface area (Å²) < 4.78 is 11.2. The summed E-state index contributed by atoms with van der Waals surface area (Å²) in [6.07, 6.45) is 4.30. The molecule has 2 aliphatic rings. The molecule has 6 rings (SSSR count). The van der Waals surface area contributed by atoms with Crippen molar-refractivity contribution >= 4 is 34.2 Å². The minimum atomic E-state index is -0.983. The Balaban J connectivity index is 1.28. The van der Waals surface area contributed by atoms with Gasteiger partial charge in [-0.15, -0.1) is 0 Å². The van der Waals surface area contributed by atoms with Gasteiger partial charge in [0.15, 0.2) is 0 Å². The van der Waals surface area contributed by atoms with Crippen molar-refractivity contribution in [2.75, 3.05) is 23.9 Å². The zero-order valence-electron chi connectivity index (χ0n) is 23.1. The second-order valence-corrected chi connectivity index (χ2v) is 11.0. The summed E-state index contributed by atoms with van der Waals surface area (Å²) in [5, 5.41) is 14.8. The van der Waals surface area contributed by atoms with Crippen LogP contribution in [0.3, 0.4) is 0 Å². The Morgan fingerprint density at radius 2 is 1.76 bits per heavy atom. The highest BCUT2D eigenvalue weighted by atomic mass is 16.6. The van der Waals surface area contributed by atoms with Gasteiger partial charge in [0, 0.05) is 30.4 Å². The fraction of sp³-hybridized carbons (Fsp3) is 0.294. The summed E-state index contributed by atoms with van der Waals surface area (Å²) >= 11 is 0. The molecule has 1 unspecified atom stereocenters. The second kappa shape index (κ2) is 11.5. The minimum absolute atomic E-state index is 0.00383. The number of ether oxygens (including phenoxy) is 2. The maximum absolute atomic E-state index is 12.6. The van der Waals surface area contributed by atoms with Crippen molar-refractivity contribution in [2.24, 2.45) is 0 Å². The standard InChI is InChI=1S/C34H34N2O5/c1-40-32-18-26(33(37)38)13-12-25(32)17-27-21-36(20-22-10-11-23-6-2-3-7-24(23)16-22)31-15-14-28(19-30(27)31)35-34(39)41-29-8-4-5-9-29/h2-3,6-7,10-16,18-19,27,29H,4-5,8-9,17,20-21H2,1H3,(H,35,39)(H,37,38). The minimum Gasteiger partial charge on any atom is -0.496 e. The van der Waals surface area contributed by atoms with E-state index in [1.165, 1.54) is 16.3 Å². The summed E-state index contributed by atoms with van der Waals surface area (Å²) in [4.78, 5) is 26.5. The topological polar surface area (TPSA) is 88.1 Å². The lowest BCUT2D eigenvalue weighted by atomic mass is 9.92. The molecule has 4 aromatic carbocycles. The molecular formula is C34H34N2O5. The van der Waals surface area contributed by atoms with Gasteiger partial charge >= 0.3 is 12.1 Å². The molecule has 1 aliphatic carbocycles. The van der Waals surface area contributed by atoms with Crippen LogP contribution < -0.4 is 15.0 Å². The maximum atomic E-state index is 12.6. The summed E-state index contributed by atoms with van der Waals surface area (Å²) in [5.41, 5.74) is 5.33. The van der Waals surface area contributed by atoms with Gasteiger partial charge in [0.1, 0.15) is 11.9 Å². The quantitative estimate of drug-likeness (QED) is 0.238. The van der Waals surface area contributed by atoms with E-state index in [4.69, 9.17) is 9.47 Å². The number of hydrogen-bond donors (Lipinski definition) is 2. The molecular weight excluding hydrogens is 516 g/mol. The van der Waals surface area contributed by atoms with E-state index >= 15 is 0 Å². The number of aromatic carboxylic acids is 1. The largest absolute Gasteiger partial charge is 0.496 e. The molecule has 1 atom stereocenters. The van der Waals surface area contributed by atoms with Gasteiger partial charge in [-0.05, 0) is 96.0 Å². The van der Waals surface area contributed by atoms with Crippen molar-refractivity contribution < 1.29 is 24.2 Å². The molecule has 1 aliphatic heterocycles. The second-order valence-electron chi connectivity index (χ2n) is 11.0. The van der Waals surface area contributed by atoms with Crippen molar-refractivity contribution in [3.05, 3.63) is 101 Å². The number of hydrogen-bond acceptors (Lipinski definition) is 5. The Bertz CT molecular complexity index is 1590. The number of rotatable bonds is 8. The van der Waals surface area contributed by atoms with Crippen LogP contribution in [0.25, 0.3) is 10.8 Å². The van der Waals surface area contributed by atoms with E-state index in [9.17, 15) is 14.7 Å². The van der Waals surface area contributed by atoms with Crippen molar-refractivity contribution in [1.82, 2.24) is 0 Å². The highest BCUT2D eigenvalue weighted by molar-refractivity contribution is 5.88. The van der Waals surface area contributed by atoms with Crippen molar-refractivity contribution in [3.8, 4) is 5.75 Å². The van der Waals surface area contributed by atoms with Gasteiger partial charge in [0.2, 0.25) is 0 Å². The van der Waals surface area contributed by atoms with E-state index in [2.05, 4.69) is 58.7 Å². The molecule has 41 heavy (non-hydrogen) atoms. The number of anilines is 2. The smallest absolute Gasteiger partial charge is 0.411 e. The SMILES string of the molecule is COc1cc(C(=O)O)ccc1CC1CN(Cc2ccc3ccccc3c2)c2ccc(NC(=O)OC3CCCC3)cc21. The van der Waals surface area contributed by atoms with Crippen molar-refractivity contribution in [1.29, 1.82) is 0 Å². The van der Waals surface area contributed by atoms with Gasteiger partial charge in [0.05, 0.1) is 12.7 Å². The van der Waals surface area contributed by atoms with E-state index in [1.807, 2.05) is 18.2 Å².